The quantitative estimate of drug-likeness (QED) is 0.797. The topological polar surface area (TPSA) is 69.7 Å². The first kappa shape index (κ1) is 17.2. The van der Waals surface area contributed by atoms with E-state index in [-0.39, 0.29) is 30.1 Å². The monoisotopic (exact) mass is 341 g/mol. The number of nitrogens with zero attached hydrogens (tertiary/aromatic N) is 2. The van der Waals surface area contributed by atoms with Gasteiger partial charge in [-0.3, -0.25) is 14.4 Å². The van der Waals surface area contributed by atoms with Crippen LogP contribution in [0.15, 0.2) is 36.9 Å². The summed E-state index contributed by atoms with van der Waals surface area (Å²) in [5, 5.41) is 2.90. The second-order valence-corrected chi connectivity index (χ2v) is 6.52. The smallest absolute Gasteiger partial charge is 0.227 e. The minimum Gasteiger partial charge on any atom is -0.352 e. The molecule has 0 aliphatic carbocycles. The minimum absolute atomic E-state index is 0.000293. The molecule has 2 fully saturated rings. The van der Waals surface area contributed by atoms with Gasteiger partial charge in [0.1, 0.15) is 0 Å². The van der Waals surface area contributed by atoms with Crippen LogP contribution < -0.4 is 10.2 Å². The van der Waals surface area contributed by atoms with E-state index in [9.17, 15) is 14.4 Å². The Balaban J connectivity index is 1.51. The van der Waals surface area contributed by atoms with Crippen molar-refractivity contribution in [1.82, 2.24) is 10.2 Å². The van der Waals surface area contributed by atoms with E-state index in [0.29, 0.717) is 26.1 Å². The summed E-state index contributed by atoms with van der Waals surface area (Å²) < 4.78 is 0. The zero-order valence-electron chi connectivity index (χ0n) is 14.2. The van der Waals surface area contributed by atoms with Crippen LogP contribution in [0.2, 0.25) is 0 Å². The Labute approximate surface area is 147 Å². The van der Waals surface area contributed by atoms with Crippen molar-refractivity contribution in [3.8, 4) is 0 Å². The van der Waals surface area contributed by atoms with Gasteiger partial charge in [-0.05, 0) is 24.1 Å². The molecule has 1 aromatic carbocycles. The molecule has 132 valence electrons. The van der Waals surface area contributed by atoms with Gasteiger partial charge in [0.05, 0.1) is 5.92 Å². The molecule has 0 unspecified atom stereocenters. The number of nitrogens with one attached hydrogen (secondary N) is 1. The maximum atomic E-state index is 12.3. The fourth-order valence-electron chi connectivity index (χ4n) is 3.33. The maximum Gasteiger partial charge on any atom is 0.227 e. The van der Waals surface area contributed by atoms with E-state index in [0.717, 1.165) is 24.2 Å². The molecule has 1 aromatic rings. The van der Waals surface area contributed by atoms with Gasteiger partial charge < -0.3 is 15.1 Å². The van der Waals surface area contributed by atoms with Crippen LogP contribution in [-0.2, 0) is 20.9 Å². The van der Waals surface area contributed by atoms with Gasteiger partial charge >= 0.3 is 0 Å². The number of amides is 3. The molecule has 2 aliphatic heterocycles. The fourth-order valence-corrected chi connectivity index (χ4v) is 3.33. The second kappa shape index (κ2) is 7.51. The fraction of sp³-hybridized carbons (Fsp3) is 0.421. The maximum absolute atomic E-state index is 12.3. The van der Waals surface area contributed by atoms with Crippen molar-refractivity contribution in [2.45, 2.75) is 25.8 Å². The predicted octanol–water partition coefficient (Wildman–Crippen LogP) is 1.46. The highest BCUT2D eigenvalue weighted by Crippen LogP contribution is 2.22. The number of rotatable bonds is 6. The Hall–Kier alpha value is -2.63. The van der Waals surface area contributed by atoms with Crippen LogP contribution in [0.4, 0.5) is 5.69 Å². The van der Waals surface area contributed by atoms with Crippen molar-refractivity contribution in [2.75, 3.05) is 24.5 Å². The van der Waals surface area contributed by atoms with Gasteiger partial charge in [-0.25, -0.2) is 0 Å². The predicted molar refractivity (Wildman–Crippen MR) is 94.8 cm³/mol. The van der Waals surface area contributed by atoms with E-state index in [2.05, 4.69) is 11.9 Å². The summed E-state index contributed by atoms with van der Waals surface area (Å²) in [5.41, 5.74) is 1.87. The molecular formula is C19H23N3O3. The largest absolute Gasteiger partial charge is 0.352 e. The normalized spacial score (nSPS) is 20.2. The van der Waals surface area contributed by atoms with Crippen molar-refractivity contribution in [1.29, 1.82) is 0 Å². The molecule has 1 N–H and O–H groups in total. The summed E-state index contributed by atoms with van der Waals surface area (Å²) in [6.45, 7) is 5.75. The standard InChI is InChI=1S/C19H23N3O3/c1-2-9-21-13-15(11-18(21)24)19(25)20-12-14-5-7-16(8-6-14)22-10-3-4-17(22)23/h2,5-8,15H,1,3-4,9-13H2,(H,20,25)/t15-/m0/s1. The SMILES string of the molecule is C=CCN1C[C@@H](C(=O)NCc2ccc(N3CCCC3=O)cc2)CC1=O. The minimum atomic E-state index is -0.297. The Morgan fingerprint density at radius 1 is 1.24 bits per heavy atom. The lowest BCUT2D eigenvalue weighted by Crippen LogP contribution is -2.32. The summed E-state index contributed by atoms with van der Waals surface area (Å²) in [7, 11) is 0. The Bertz CT molecular complexity index is 684. The van der Waals surface area contributed by atoms with Crippen LogP contribution in [0.5, 0.6) is 0 Å². The van der Waals surface area contributed by atoms with Gasteiger partial charge in [-0.15, -0.1) is 6.58 Å². The lowest BCUT2D eigenvalue weighted by molar-refractivity contribution is -0.128. The number of likely N-dealkylation sites (tertiary alicyclic amines) is 1. The highest BCUT2D eigenvalue weighted by molar-refractivity contribution is 5.95. The van der Waals surface area contributed by atoms with E-state index in [1.807, 2.05) is 24.3 Å². The Kier molecular flexibility index (Phi) is 5.16. The third-order valence-electron chi connectivity index (χ3n) is 4.72. The number of carbonyl (C=O) groups excluding carboxylic acids is 3. The molecule has 3 rings (SSSR count). The zero-order chi connectivity index (χ0) is 17.8. The van der Waals surface area contributed by atoms with E-state index in [1.165, 1.54) is 0 Å². The summed E-state index contributed by atoms with van der Waals surface area (Å²) in [5.74, 6) is -0.233. The molecule has 3 amide bonds. The lowest BCUT2D eigenvalue weighted by Gasteiger charge is -2.16. The number of benzene rings is 1. The molecular weight excluding hydrogens is 318 g/mol. The van der Waals surface area contributed by atoms with Crippen molar-refractivity contribution >= 4 is 23.4 Å². The number of carbonyl (C=O) groups is 3. The van der Waals surface area contributed by atoms with Gasteiger partial charge in [-0.1, -0.05) is 18.2 Å². The van der Waals surface area contributed by atoms with E-state index < -0.39 is 0 Å². The third-order valence-corrected chi connectivity index (χ3v) is 4.72. The molecule has 25 heavy (non-hydrogen) atoms. The lowest BCUT2D eigenvalue weighted by atomic mass is 10.1. The van der Waals surface area contributed by atoms with Crippen LogP contribution in [0.3, 0.4) is 0 Å². The zero-order valence-corrected chi connectivity index (χ0v) is 14.2. The molecule has 2 heterocycles. The highest BCUT2D eigenvalue weighted by Gasteiger charge is 2.33. The molecule has 6 heteroatoms. The van der Waals surface area contributed by atoms with Crippen LogP contribution in [-0.4, -0.2) is 42.3 Å². The molecule has 2 saturated heterocycles. The first-order valence-electron chi connectivity index (χ1n) is 8.64. The van der Waals surface area contributed by atoms with E-state index in [1.54, 1.807) is 15.9 Å². The van der Waals surface area contributed by atoms with Crippen molar-refractivity contribution in [3.63, 3.8) is 0 Å². The van der Waals surface area contributed by atoms with E-state index >= 15 is 0 Å². The third kappa shape index (κ3) is 3.90. The summed E-state index contributed by atoms with van der Waals surface area (Å²) in [4.78, 5) is 39.3. The molecule has 0 aromatic heterocycles. The number of hydrogen-bond acceptors (Lipinski definition) is 3. The molecule has 0 radical (unpaired) electrons. The molecule has 0 spiro atoms. The van der Waals surface area contributed by atoms with Crippen LogP contribution in [0.1, 0.15) is 24.8 Å². The van der Waals surface area contributed by atoms with Crippen molar-refractivity contribution in [3.05, 3.63) is 42.5 Å². The van der Waals surface area contributed by atoms with Gasteiger partial charge in [0.25, 0.3) is 0 Å². The summed E-state index contributed by atoms with van der Waals surface area (Å²) in [6, 6.07) is 7.67. The first-order valence-corrected chi connectivity index (χ1v) is 8.64. The Morgan fingerprint density at radius 3 is 2.64 bits per heavy atom. The number of hydrogen-bond donors (Lipinski definition) is 1. The van der Waals surface area contributed by atoms with Gasteiger partial charge in [0.2, 0.25) is 17.7 Å². The Morgan fingerprint density at radius 2 is 2.00 bits per heavy atom. The molecule has 6 nitrogen and oxygen atoms in total. The van der Waals surface area contributed by atoms with Gasteiger partial charge in [0.15, 0.2) is 0 Å². The molecule has 0 saturated carbocycles. The average molecular weight is 341 g/mol. The first-order chi connectivity index (χ1) is 12.1. The molecule has 1 atom stereocenters. The van der Waals surface area contributed by atoms with Crippen LogP contribution in [0, 0.1) is 5.92 Å². The van der Waals surface area contributed by atoms with Crippen LogP contribution in [0.25, 0.3) is 0 Å². The molecule has 0 bridgehead atoms. The summed E-state index contributed by atoms with van der Waals surface area (Å²) in [6.07, 6.45) is 3.45. The van der Waals surface area contributed by atoms with Crippen LogP contribution >= 0.6 is 0 Å². The highest BCUT2D eigenvalue weighted by atomic mass is 16.2. The van der Waals surface area contributed by atoms with E-state index in [4.69, 9.17) is 0 Å². The summed E-state index contributed by atoms with van der Waals surface area (Å²) >= 11 is 0. The second-order valence-electron chi connectivity index (χ2n) is 6.52. The van der Waals surface area contributed by atoms with Crippen molar-refractivity contribution in [2.24, 2.45) is 5.92 Å². The average Bonchev–Trinajstić information content (AvgIpc) is 3.20. The van der Waals surface area contributed by atoms with Crippen molar-refractivity contribution < 1.29 is 14.4 Å². The number of anilines is 1. The van der Waals surface area contributed by atoms with Gasteiger partial charge in [-0.2, -0.15) is 0 Å². The van der Waals surface area contributed by atoms with Gasteiger partial charge in [0, 0.05) is 44.7 Å². The molecule has 2 aliphatic rings.